The maximum Gasteiger partial charge on any atom is 0.149 e. The molecule has 0 aliphatic carbocycles. The van der Waals surface area contributed by atoms with Gasteiger partial charge in [0.1, 0.15) is 11.6 Å². The van der Waals surface area contributed by atoms with Crippen LogP contribution in [0.3, 0.4) is 0 Å². The van der Waals surface area contributed by atoms with Gasteiger partial charge in [0.05, 0.1) is 23.4 Å². The molecular formula is C19H15FN4. The van der Waals surface area contributed by atoms with Crippen LogP contribution in [0.5, 0.6) is 0 Å². The average molecular weight is 318 g/mol. The van der Waals surface area contributed by atoms with E-state index in [2.05, 4.69) is 21.6 Å². The third-order valence-corrected chi connectivity index (χ3v) is 3.68. The molecule has 3 aromatic rings. The normalized spacial score (nSPS) is 11.5. The summed E-state index contributed by atoms with van der Waals surface area (Å²) in [6.07, 6.45) is 0. The summed E-state index contributed by atoms with van der Waals surface area (Å²) in [5, 5.41) is 20.6. The number of nitriles is 1. The summed E-state index contributed by atoms with van der Waals surface area (Å²) in [5.41, 5.74) is 3.11. The van der Waals surface area contributed by atoms with Gasteiger partial charge < -0.3 is 5.32 Å². The Labute approximate surface area is 139 Å². The number of aromatic nitrogens is 2. The lowest BCUT2D eigenvalue weighted by Crippen LogP contribution is -2.08. The minimum Gasteiger partial charge on any atom is -0.362 e. The summed E-state index contributed by atoms with van der Waals surface area (Å²) < 4.78 is 13.0. The first-order chi connectivity index (χ1) is 11.7. The molecule has 0 amide bonds. The number of nitrogens with zero attached hydrogens (tertiary/aromatic N) is 3. The number of hydrogen-bond acceptors (Lipinski definition) is 4. The quantitative estimate of drug-likeness (QED) is 0.778. The molecule has 5 heteroatoms. The molecule has 4 nitrogen and oxygen atoms in total. The molecule has 0 fully saturated rings. The molecule has 0 radical (unpaired) electrons. The molecule has 1 aromatic heterocycles. The van der Waals surface area contributed by atoms with Crippen LogP contribution in [0.15, 0.2) is 60.7 Å². The fourth-order valence-corrected chi connectivity index (χ4v) is 2.37. The van der Waals surface area contributed by atoms with E-state index >= 15 is 0 Å². The molecule has 24 heavy (non-hydrogen) atoms. The number of rotatable bonds is 4. The van der Waals surface area contributed by atoms with Crippen molar-refractivity contribution in [2.24, 2.45) is 0 Å². The first kappa shape index (κ1) is 15.6. The molecule has 1 unspecified atom stereocenters. The summed E-state index contributed by atoms with van der Waals surface area (Å²) in [7, 11) is 0. The first-order valence-corrected chi connectivity index (χ1v) is 7.52. The Morgan fingerprint density at radius 1 is 1.04 bits per heavy atom. The van der Waals surface area contributed by atoms with Gasteiger partial charge in [0.2, 0.25) is 0 Å². The van der Waals surface area contributed by atoms with Crippen molar-refractivity contribution < 1.29 is 4.39 Å². The van der Waals surface area contributed by atoms with Gasteiger partial charge in [-0.25, -0.2) is 4.39 Å². The predicted molar refractivity (Wildman–Crippen MR) is 90.6 cm³/mol. The lowest BCUT2D eigenvalue weighted by Gasteiger charge is -2.15. The Morgan fingerprint density at radius 2 is 1.83 bits per heavy atom. The maximum atomic E-state index is 13.0. The molecular weight excluding hydrogens is 303 g/mol. The van der Waals surface area contributed by atoms with E-state index in [-0.39, 0.29) is 11.9 Å². The number of benzene rings is 2. The van der Waals surface area contributed by atoms with Crippen LogP contribution in [0.1, 0.15) is 24.1 Å². The minimum atomic E-state index is -0.279. The summed E-state index contributed by atoms with van der Waals surface area (Å²) in [6, 6.07) is 19.3. The SMILES string of the molecule is CC(Nc1ccc(-c2ccc(F)cc2)nn1)c1cccc(C#N)c1. The highest BCUT2D eigenvalue weighted by Crippen LogP contribution is 2.21. The molecule has 0 saturated heterocycles. The molecule has 2 aromatic carbocycles. The second kappa shape index (κ2) is 6.88. The fourth-order valence-electron chi connectivity index (χ4n) is 2.37. The van der Waals surface area contributed by atoms with Gasteiger partial charge in [-0.3, -0.25) is 0 Å². The Morgan fingerprint density at radius 3 is 2.50 bits per heavy atom. The van der Waals surface area contributed by atoms with Gasteiger partial charge in [-0.1, -0.05) is 12.1 Å². The Kier molecular flexibility index (Phi) is 4.48. The molecule has 0 spiro atoms. The monoisotopic (exact) mass is 318 g/mol. The second-order valence-electron chi connectivity index (χ2n) is 5.41. The molecule has 1 atom stereocenters. The zero-order valence-electron chi connectivity index (χ0n) is 13.1. The molecule has 0 saturated carbocycles. The van der Waals surface area contributed by atoms with Crippen molar-refractivity contribution >= 4 is 5.82 Å². The summed E-state index contributed by atoms with van der Waals surface area (Å²) in [5.74, 6) is 0.356. The van der Waals surface area contributed by atoms with E-state index in [0.717, 1.165) is 11.1 Å². The highest BCUT2D eigenvalue weighted by atomic mass is 19.1. The van der Waals surface area contributed by atoms with Gasteiger partial charge in [-0.05, 0) is 61.0 Å². The lowest BCUT2D eigenvalue weighted by atomic mass is 10.1. The average Bonchev–Trinajstić information content (AvgIpc) is 2.63. The largest absolute Gasteiger partial charge is 0.362 e. The van der Waals surface area contributed by atoms with Gasteiger partial charge in [-0.15, -0.1) is 10.2 Å². The topological polar surface area (TPSA) is 61.6 Å². The molecule has 1 N–H and O–H groups in total. The summed E-state index contributed by atoms with van der Waals surface area (Å²) in [6.45, 7) is 1.99. The van der Waals surface area contributed by atoms with Crippen LogP contribution in [0.25, 0.3) is 11.3 Å². The molecule has 0 aliphatic heterocycles. The van der Waals surface area contributed by atoms with Crippen molar-refractivity contribution in [1.29, 1.82) is 5.26 Å². The Bertz CT molecular complexity index is 867. The number of nitrogens with one attached hydrogen (secondary N) is 1. The van der Waals surface area contributed by atoms with Crippen molar-refractivity contribution in [3.8, 4) is 17.3 Å². The predicted octanol–water partition coefficient (Wildman–Crippen LogP) is 4.33. The van der Waals surface area contributed by atoms with Crippen LogP contribution >= 0.6 is 0 Å². The van der Waals surface area contributed by atoms with E-state index in [4.69, 9.17) is 5.26 Å². The van der Waals surface area contributed by atoms with Crippen molar-refractivity contribution in [2.75, 3.05) is 5.32 Å². The molecule has 0 aliphatic rings. The highest BCUT2D eigenvalue weighted by Gasteiger charge is 2.08. The molecule has 0 bridgehead atoms. The zero-order valence-corrected chi connectivity index (χ0v) is 13.1. The van der Waals surface area contributed by atoms with E-state index in [0.29, 0.717) is 17.1 Å². The molecule has 118 valence electrons. The number of hydrogen-bond donors (Lipinski definition) is 1. The highest BCUT2D eigenvalue weighted by molar-refractivity contribution is 5.59. The van der Waals surface area contributed by atoms with Gasteiger partial charge >= 0.3 is 0 Å². The molecule has 1 heterocycles. The van der Waals surface area contributed by atoms with Gasteiger partial charge in [-0.2, -0.15) is 5.26 Å². The van der Waals surface area contributed by atoms with Crippen LogP contribution < -0.4 is 5.32 Å². The van der Waals surface area contributed by atoms with Crippen molar-refractivity contribution in [1.82, 2.24) is 10.2 Å². The second-order valence-corrected chi connectivity index (χ2v) is 5.41. The Hall–Kier alpha value is -3.26. The third-order valence-electron chi connectivity index (χ3n) is 3.68. The van der Waals surface area contributed by atoms with Crippen molar-refractivity contribution in [2.45, 2.75) is 13.0 Å². The zero-order chi connectivity index (χ0) is 16.9. The van der Waals surface area contributed by atoms with Crippen LogP contribution in [0.2, 0.25) is 0 Å². The third kappa shape index (κ3) is 3.55. The number of halogens is 1. The van der Waals surface area contributed by atoms with E-state index in [1.54, 1.807) is 18.2 Å². The summed E-state index contributed by atoms with van der Waals surface area (Å²) >= 11 is 0. The van der Waals surface area contributed by atoms with Crippen molar-refractivity contribution in [3.05, 3.63) is 77.6 Å². The van der Waals surface area contributed by atoms with E-state index < -0.39 is 0 Å². The smallest absolute Gasteiger partial charge is 0.149 e. The fraction of sp³-hybridized carbons (Fsp3) is 0.105. The van der Waals surface area contributed by atoms with E-state index in [9.17, 15) is 4.39 Å². The van der Waals surface area contributed by atoms with Gasteiger partial charge in [0.25, 0.3) is 0 Å². The number of anilines is 1. The van der Waals surface area contributed by atoms with E-state index in [1.165, 1.54) is 12.1 Å². The van der Waals surface area contributed by atoms with Gasteiger partial charge in [0.15, 0.2) is 0 Å². The van der Waals surface area contributed by atoms with Crippen LogP contribution in [-0.4, -0.2) is 10.2 Å². The first-order valence-electron chi connectivity index (χ1n) is 7.52. The van der Waals surface area contributed by atoms with Crippen molar-refractivity contribution in [3.63, 3.8) is 0 Å². The van der Waals surface area contributed by atoms with Gasteiger partial charge in [0, 0.05) is 5.56 Å². The summed E-state index contributed by atoms with van der Waals surface area (Å²) in [4.78, 5) is 0. The maximum absolute atomic E-state index is 13.0. The molecule has 3 rings (SSSR count). The Balaban J connectivity index is 1.74. The van der Waals surface area contributed by atoms with Crippen LogP contribution in [0.4, 0.5) is 10.2 Å². The van der Waals surface area contributed by atoms with E-state index in [1.807, 2.05) is 37.3 Å². The van der Waals surface area contributed by atoms with Crippen LogP contribution in [0, 0.1) is 17.1 Å². The van der Waals surface area contributed by atoms with Crippen LogP contribution in [-0.2, 0) is 0 Å². The lowest BCUT2D eigenvalue weighted by molar-refractivity contribution is 0.628. The minimum absolute atomic E-state index is 0.00993. The standard InChI is InChI=1S/C19H15FN4/c1-13(16-4-2-3-14(11-16)12-21)22-19-10-9-18(23-24-19)15-5-7-17(20)8-6-15/h2-11,13H,1H3,(H,22,24).